The number of hydrogen-bond acceptors (Lipinski definition) is 5. The molecule has 6 heteroatoms. The Morgan fingerprint density at radius 1 is 1.29 bits per heavy atom. The van der Waals surface area contributed by atoms with E-state index in [1.807, 2.05) is 25.9 Å². The number of aryl methyl sites for hydroxylation is 1. The summed E-state index contributed by atoms with van der Waals surface area (Å²) in [4.78, 5) is 21.2. The molecule has 1 N–H and O–H groups in total. The minimum absolute atomic E-state index is 0.356. The van der Waals surface area contributed by atoms with Crippen molar-refractivity contribution >= 4 is 11.8 Å². The SMILES string of the molecule is Cc1cnc(-c2ccc(OCC(=O)O)cc2)nc1N(C)C. The van der Waals surface area contributed by atoms with Gasteiger partial charge in [-0.05, 0) is 31.2 Å². The highest BCUT2D eigenvalue weighted by Gasteiger charge is 2.08. The van der Waals surface area contributed by atoms with Gasteiger partial charge in [0.1, 0.15) is 11.6 Å². The number of nitrogens with zero attached hydrogens (tertiary/aromatic N) is 3. The van der Waals surface area contributed by atoms with Gasteiger partial charge in [0.2, 0.25) is 0 Å². The van der Waals surface area contributed by atoms with Crippen molar-refractivity contribution in [3.63, 3.8) is 0 Å². The van der Waals surface area contributed by atoms with Gasteiger partial charge in [0, 0.05) is 31.4 Å². The zero-order valence-corrected chi connectivity index (χ0v) is 12.2. The Morgan fingerprint density at radius 2 is 1.95 bits per heavy atom. The maximum Gasteiger partial charge on any atom is 0.341 e. The summed E-state index contributed by atoms with van der Waals surface area (Å²) in [5, 5.41) is 8.57. The predicted molar refractivity (Wildman–Crippen MR) is 79.7 cm³/mol. The first-order valence-corrected chi connectivity index (χ1v) is 6.43. The molecule has 0 bridgehead atoms. The van der Waals surface area contributed by atoms with Crippen LogP contribution in [-0.4, -0.2) is 41.7 Å². The molecule has 0 saturated heterocycles. The Kier molecular flexibility index (Phi) is 4.37. The van der Waals surface area contributed by atoms with Gasteiger partial charge in [-0.25, -0.2) is 14.8 Å². The van der Waals surface area contributed by atoms with E-state index in [2.05, 4.69) is 9.97 Å². The molecule has 1 aromatic heterocycles. The van der Waals surface area contributed by atoms with Crippen molar-refractivity contribution in [2.75, 3.05) is 25.6 Å². The van der Waals surface area contributed by atoms with Crippen molar-refractivity contribution in [2.45, 2.75) is 6.92 Å². The first kappa shape index (κ1) is 14.8. The number of rotatable bonds is 5. The maximum absolute atomic E-state index is 10.4. The summed E-state index contributed by atoms with van der Waals surface area (Å²) < 4.78 is 5.09. The van der Waals surface area contributed by atoms with Crippen LogP contribution in [0.2, 0.25) is 0 Å². The number of hydrogen-bond donors (Lipinski definition) is 1. The quantitative estimate of drug-likeness (QED) is 0.906. The van der Waals surface area contributed by atoms with Crippen LogP contribution in [0.5, 0.6) is 5.75 Å². The summed E-state index contributed by atoms with van der Waals surface area (Å²) in [7, 11) is 3.86. The second-order valence-corrected chi connectivity index (χ2v) is 4.80. The monoisotopic (exact) mass is 287 g/mol. The third-order valence-electron chi connectivity index (χ3n) is 2.84. The van der Waals surface area contributed by atoms with E-state index in [4.69, 9.17) is 9.84 Å². The van der Waals surface area contributed by atoms with Gasteiger partial charge in [0.15, 0.2) is 12.4 Å². The molecule has 0 fully saturated rings. The third kappa shape index (κ3) is 3.68. The number of aromatic nitrogens is 2. The Labute approximate surface area is 123 Å². The Hall–Kier alpha value is -2.63. The number of anilines is 1. The van der Waals surface area contributed by atoms with Gasteiger partial charge in [-0.15, -0.1) is 0 Å². The van der Waals surface area contributed by atoms with Gasteiger partial charge < -0.3 is 14.7 Å². The average molecular weight is 287 g/mol. The largest absolute Gasteiger partial charge is 0.482 e. The van der Waals surface area contributed by atoms with Gasteiger partial charge in [0.25, 0.3) is 0 Å². The van der Waals surface area contributed by atoms with Crippen molar-refractivity contribution in [1.82, 2.24) is 9.97 Å². The summed E-state index contributed by atoms with van der Waals surface area (Å²) in [6.07, 6.45) is 1.78. The molecule has 0 saturated carbocycles. The molecule has 0 unspecified atom stereocenters. The number of carboxylic acids is 1. The topological polar surface area (TPSA) is 75.5 Å². The summed E-state index contributed by atoms with van der Waals surface area (Å²) in [5.74, 6) is 0.984. The second-order valence-electron chi connectivity index (χ2n) is 4.80. The molecule has 1 aromatic carbocycles. The Bertz CT molecular complexity index is 639. The van der Waals surface area contributed by atoms with Crippen molar-refractivity contribution in [3.05, 3.63) is 36.0 Å². The Morgan fingerprint density at radius 3 is 2.52 bits per heavy atom. The summed E-state index contributed by atoms with van der Waals surface area (Å²) in [6.45, 7) is 1.60. The maximum atomic E-state index is 10.4. The molecule has 0 aliphatic carbocycles. The highest BCUT2D eigenvalue weighted by atomic mass is 16.5. The lowest BCUT2D eigenvalue weighted by atomic mass is 10.2. The van der Waals surface area contributed by atoms with Crippen LogP contribution in [0.1, 0.15) is 5.56 Å². The van der Waals surface area contributed by atoms with Crippen LogP contribution in [0.15, 0.2) is 30.5 Å². The standard InChI is InChI=1S/C15H17N3O3/c1-10-8-16-14(17-15(10)18(2)3)11-4-6-12(7-5-11)21-9-13(19)20/h4-8H,9H2,1-3H3,(H,19,20). The summed E-state index contributed by atoms with van der Waals surface area (Å²) >= 11 is 0. The first-order valence-electron chi connectivity index (χ1n) is 6.43. The fourth-order valence-electron chi connectivity index (χ4n) is 1.87. The highest BCUT2D eigenvalue weighted by molar-refractivity contribution is 5.68. The van der Waals surface area contributed by atoms with Gasteiger partial charge in [-0.3, -0.25) is 0 Å². The molecule has 0 radical (unpaired) electrons. The molecule has 2 aromatic rings. The molecular formula is C15H17N3O3. The van der Waals surface area contributed by atoms with Crippen LogP contribution in [0.3, 0.4) is 0 Å². The van der Waals surface area contributed by atoms with E-state index in [0.717, 1.165) is 16.9 Å². The molecule has 6 nitrogen and oxygen atoms in total. The van der Waals surface area contributed by atoms with Gasteiger partial charge in [0.05, 0.1) is 0 Å². The lowest BCUT2D eigenvalue weighted by molar-refractivity contribution is -0.139. The van der Waals surface area contributed by atoms with Gasteiger partial charge in [-0.1, -0.05) is 0 Å². The van der Waals surface area contributed by atoms with E-state index >= 15 is 0 Å². The Balaban J connectivity index is 2.22. The van der Waals surface area contributed by atoms with Crippen LogP contribution < -0.4 is 9.64 Å². The molecule has 0 spiro atoms. The lowest BCUT2D eigenvalue weighted by Crippen LogP contribution is -2.13. The summed E-state index contributed by atoms with van der Waals surface area (Å²) in [5.41, 5.74) is 1.85. The van der Waals surface area contributed by atoms with Crippen molar-refractivity contribution < 1.29 is 14.6 Å². The predicted octanol–water partition coefficient (Wildman–Crippen LogP) is 1.98. The number of ether oxygens (including phenoxy) is 1. The molecule has 1 heterocycles. The minimum Gasteiger partial charge on any atom is -0.482 e. The average Bonchev–Trinajstić information content (AvgIpc) is 2.46. The molecule has 21 heavy (non-hydrogen) atoms. The normalized spacial score (nSPS) is 10.2. The fourth-order valence-corrected chi connectivity index (χ4v) is 1.87. The molecular weight excluding hydrogens is 270 g/mol. The zero-order valence-electron chi connectivity index (χ0n) is 12.2. The molecule has 0 aliphatic rings. The molecule has 0 amide bonds. The van der Waals surface area contributed by atoms with E-state index in [9.17, 15) is 4.79 Å². The third-order valence-corrected chi connectivity index (χ3v) is 2.84. The van der Waals surface area contributed by atoms with Crippen LogP contribution in [0.4, 0.5) is 5.82 Å². The summed E-state index contributed by atoms with van der Waals surface area (Å²) in [6, 6.07) is 7.02. The van der Waals surface area contributed by atoms with Gasteiger partial charge >= 0.3 is 5.97 Å². The molecule has 0 atom stereocenters. The highest BCUT2D eigenvalue weighted by Crippen LogP contribution is 2.22. The smallest absolute Gasteiger partial charge is 0.341 e. The fraction of sp³-hybridized carbons (Fsp3) is 0.267. The number of carboxylic acid groups (broad SMARTS) is 1. The van der Waals surface area contributed by atoms with Crippen molar-refractivity contribution in [2.24, 2.45) is 0 Å². The molecule has 0 aliphatic heterocycles. The van der Waals surface area contributed by atoms with Crippen LogP contribution >= 0.6 is 0 Å². The van der Waals surface area contributed by atoms with E-state index in [1.54, 1.807) is 30.5 Å². The van der Waals surface area contributed by atoms with Crippen LogP contribution in [0, 0.1) is 6.92 Å². The van der Waals surface area contributed by atoms with E-state index < -0.39 is 5.97 Å². The van der Waals surface area contributed by atoms with Crippen LogP contribution in [0.25, 0.3) is 11.4 Å². The number of carbonyl (C=O) groups is 1. The van der Waals surface area contributed by atoms with E-state index in [1.165, 1.54) is 0 Å². The van der Waals surface area contributed by atoms with Crippen molar-refractivity contribution in [3.8, 4) is 17.1 Å². The molecule has 110 valence electrons. The number of benzene rings is 1. The van der Waals surface area contributed by atoms with Crippen LogP contribution in [-0.2, 0) is 4.79 Å². The first-order chi connectivity index (χ1) is 9.97. The minimum atomic E-state index is -1.00. The van der Waals surface area contributed by atoms with E-state index in [-0.39, 0.29) is 6.61 Å². The zero-order chi connectivity index (χ0) is 15.4. The van der Waals surface area contributed by atoms with Gasteiger partial charge in [-0.2, -0.15) is 0 Å². The van der Waals surface area contributed by atoms with E-state index in [0.29, 0.717) is 11.6 Å². The molecule has 2 rings (SSSR count). The lowest BCUT2D eigenvalue weighted by Gasteiger charge is -2.14. The van der Waals surface area contributed by atoms with Crippen molar-refractivity contribution in [1.29, 1.82) is 0 Å². The number of aliphatic carboxylic acids is 1. The second kappa shape index (κ2) is 6.21.